The monoisotopic (exact) mass is 176 g/mol. The Balaban J connectivity index is 2.43. The van der Waals surface area contributed by atoms with Gasteiger partial charge in [0.05, 0.1) is 6.10 Å². The Morgan fingerprint density at radius 2 is 2.15 bits per heavy atom. The fourth-order valence-electron chi connectivity index (χ4n) is 2.18. The largest absolute Gasteiger partial charge is 0.388 e. The van der Waals surface area contributed by atoms with Gasteiger partial charge in [0.25, 0.3) is 0 Å². The fraction of sp³-hybridized carbons (Fsp3) is 0.500. The minimum Gasteiger partial charge on any atom is -0.388 e. The maximum absolute atomic E-state index is 9.86. The summed E-state index contributed by atoms with van der Waals surface area (Å²) in [5, 5.41) is 9.86. The SMILES string of the molecule is Cc1ccc2c(c1)[C@@H](O)C[C@H](C)C2. The van der Waals surface area contributed by atoms with Crippen LogP contribution in [0, 0.1) is 12.8 Å². The van der Waals surface area contributed by atoms with Gasteiger partial charge in [0.1, 0.15) is 0 Å². The summed E-state index contributed by atoms with van der Waals surface area (Å²) in [7, 11) is 0. The van der Waals surface area contributed by atoms with E-state index >= 15 is 0 Å². The summed E-state index contributed by atoms with van der Waals surface area (Å²) in [6, 6.07) is 6.40. The molecule has 1 aliphatic rings. The molecule has 2 rings (SSSR count). The van der Waals surface area contributed by atoms with Gasteiger partial charge in [0.2, 0.25) is 0 Å². The zero-order valence-corrected chi connectivity index (χ0v) is 8.25. The maximum Gasteiger partial charge on any atom is 0.0795 e. The van der Waals surface area contributed by atoms with Gasteiger partial charge in [-0.3, -0.25) is 0 Å². The molecule has 0 fully saturated rings. The highest BCUT2D eigenvalue weighted by Gasteiger charge is 2.22. The van der Waals surface area contributed by atoms with Crippen molar-refractivity contribution >= 4 is 0 Å². The summed E-state index contributed by atoms with van der Waals surface area (Å²) in [5.74, 6) is 0.616. The third kappa shape index (κ3) is 1.61. The van der Waals surface area contributed by atoms with Crippen LogP contribution in [0.25, 0.3) is 0 Å². The molecule has 0 saturated carbocycles. The molecular formula is C12H16O. The molecule has 1 aromatic carbocycles. The van der Waals surface area contributed by atoms with Gasteiger partial charge < -0.3 is 5.11 Å². The van der Waals surface area contributed by atoms with Crippen LogP contribution in [0.15, 0.2) is 18.2 Å². The van der Waals surface area contributed by atoms with Crippen molar-refractivity contribution in [2.24, 2.45) is 5.92 Å². The molecule has 1 N–H and O–H groups in total. The lowest BCUT2D eigenvalue weighted by atomic mass is 9.82. The smallest absolute Gasteiger partial charge is 0.0795 e. The van der Waals surface area contributed by atoms with Crippen molar-refractivity contribution in [3.8, 4) is 0 Å². The summed E-state index contributed by atoms with van der Waals surface area (Å²) in [5.41, 5.74) is 3.72. The number of aliphatic hydroxyl groups is 1. The Hall–Kier alpha value is -0.820. The third-order valence-electron chi connectivity index (χ3n) is 2.85. The minimum atomic E-state index is -0.237. The summed E-state index contributed by atoms with van der Waals surface area (Å²) in [6.45, 7) is 4.27. The van der Waals surface area contributed by atoms with Crippen molar-refractivity contribution in [1.82, 2.24) is 0 Å². The average molecular weight is 176 g/mol. The van der Waals surface area contributed by atoms with Gasteiger partial charge >= 0.3 is 0 Å². The van der Waals surface area contributed by atoms with Gasteiger partial charge in [-0.25, -0.2) is 0 Å². The topological polar surface area (TPSA) is 20.2 Å². The molecule has 0 spiro atoms. The van der Waals surface area contributed by atoms with Crippen LogP contribution in [0.2, 0.25) is 0 Å². The van der Waals surface area contributed by atoms with Crippen LogP contribution in [0.1, 0.15) is 36.1 Å². The predicted molar refractivity (Wildman–Crippen MR) is 53.6 cm³/mol. The van der Waals surface area contributed by atoms with E-state index in [9.17, 15) is 5.11 Å². The highest BCUT2D eigenvalue weighted by molar-refractivity contribution is 5.35. The molecule has 1 nitrogen and oxygen atoms in total. The molecule has 13 heavy (non-hydrogen) atoms. The Morgan fingerprint density at radius 3 is 2.92 bits per heavy atom. The van der Waals surface area contributed by atoms with Crippen LogP contribution >= 0.6 is 0 Å². The first-order chi connectivity index (χ1) is 6.16. The lowest BCUT2D eigenvalue weighted by molar-refractivity contribution is 0.136. The van der Waals surface area contributed by atoms with Gasteiger partial charge in [-0.2, -0.15) is 0 Å². The summed E-state index contributed by atoms with van der Waals surface area (Å²) in [4.78, 5) is 0. The number of hydrogen-bond donors (Lipinski definition) is 1. The molecule has 70 valence electrons. The van der Waals surface area contributed by atoms with Crippen LogP contribution in [0.3, 0.4) is 0 Å². The van der Waals surface area contributed by atoms with Gasteiger partial charge in [0, 0.05) is 0 Å². The maximum atomic E-state index is 9.86. The second-order valence-electron chi connectivity index (χ2n) is 4.26. The second-order valence-corrected chi connectivity index (χ2v) is 4.26. The van der Waals surface area contributed by atoms with Gasteiger partial charge in [-0.05, 0) is 36.8 Å². The van der Waals surface area contributed by atoms with Crippen molar-refractivity contribution in [2.75, 3.05) is 0 Å². The fourth-order valence-corrected chi connectivity index (χ4v) is 2.18. The van der Waals surface area contributed by atoms with E-state index < -0.39 is 0 Å². The van der Waals surface area contributed by atoms with E-state index in [-0.39, 0.29) is 6.10 Å². The first kappa shape index (κ1) is 8.76. The van der Waals surface area contributed by atoms with Crippen LogP contribution in [-0.2, 0) is 6.42 Å². The normalized spacial score (nSPS) is 27.0. The van der Waals surface area contributed by atoms with E-state index in [1.54, 1.807) is 0 Å². The van der Waals surface area contributed by atoms with E-state index in [4.69, 9.17) is 0 Å². The van der Waals surface area contributed by atoms with Gasteiger partial charge in [0.15, 0.2) is 0 Å². The van der Waals surface area contributed by atoms with Crippen molar-refractivity contribution in [3.63, 3.8) is 0 Å². The van der Waals surface area contributed by atoms with Gasteiger partial charge in [-0.1, -0.05) is 30.7 Å². The van der Waals surface area contributed by atoms with E-state index in [1.165, 1.54) is 11.1 Å². The molecule has 1 aliphatic carbocycles. The summed E-state index contributed by atoms with van der Waals surface area (Å²) < 4.78 is 0. The Kier molecular flexibility index (Phi) is 2.12. The zero-order valence-electron chi connectivity index (χ0n) is 8.25. The second kappa shape index (κ2) is 3.15. The standard InChI is InChI=1S/C12H16O/c1-8-3-4-10-5-9(2)7-12(13)11(10)6-8/h3-4,6,9,12-13H,5,7H2,1-2H3/t9-,12+/m1/s1. The van der Waals surface area contributed by atoms with E-state index in [0.717, 1.165) is 18.4 Å². The zero-order chi connectivity index (χ0) is 9.42. The molecule has 1 heteroatoms. The molecule has 0 aliphatic heterocycles. The van der Waals surface area contributed by atoms with Gasteiger partial charge in [-0.15, -0.1) is 0 Å². The highest BCUT2D eigenvalue weighted by atomic mass is 16.3. The molecular weight excluding hydrogens is 160 g/mol. The summed E-state index contributed by atoms with van der Waals surface area (Å²) >= 11 is 0. The van der Waals surface area contributed by atoms with Crippen LogP contribution in [-0.4, -0.2) is 5.11 Å². The number of aliphatic hydroxyl groups excluding tert-OH is 1. The molecule has 0 bridgehead atoms. The number of fused-ring (bicyclic) bond motifs is 1. The lowest BCUT2D eigenvalue weighted by Crippen LogP contribution is -2.16. The Morgan fingerprint density at radius 1 is 1.38 bits per heavy atom. The predicted octanol–water partition coefficient (Wildman–Crippen LogP) is 2.61. The Labute approximate surface area is 79.4 Å². The minimum absolute atomic E-state index is 0.237. The molecule has 0 heterocycles. The van der Waals surface area contributed by atoms with Crippen molar-refractivity contribution in [2.45, 2.75) is 32.8 Å². The first-order valence-corrected chi connectivity index (χ1v) is 4.94. The van der Waals surface area contributed by atoms with E-state index in [1.807, 2.05) is 0 Å². The molecule has 1 aromatic rings. The molecule has 0 amide bonds. The van der Waals surface area contributed by atoms with Crippen molar-refractivity contribution < 1.29 is 5.11 Å². The summed E-state index contributed by atoms with van der Waals surface area (Å²) in [6.07, 6.45) is 1.79. The highest BCUT2D eigenvalue weighted by Crippen LogP contribution is 2.33. The quantitative estimate of drug-likeness (QED) is 0.644. The van der Waals surface area contributed by atoms with Crippen LogP contribution < -0.4 is 0 Å². The number of aryl methyl sites for hydroxylation is 1. The molecule has 0 aromatic heterocycles. The molecule has 2 atom stereocenters. The molecule has 0 unspecified atom stereocenters. The lowest BCUT2D eigenvalue weighted by Gasteiger charge is -2.26. The van der Waals surface area contributed by atoms with E-state index in [0.29, 0.717) is 5.92 Å². The number of hydrogen-bond acceptors (Lipinski definition) is 1. The Bertz CT molecular complexity index is 317. The number of rotatable bonds is 0. The first-order valence-electron chi connectivity index (χ1n) is 4.94. The molecule has 0 radical (unpaired) electrons. The average Bonchev–Trinajstić information content (AvgIpc) is 2.06. The van der Waals surface area contributed by atoms with Crippen LogP contribution in [0.4, 0.5) is 0 Å². The molecule has 0 saturated heterocycles. The van der Waals surface area contributed by atoms with Crippen molar-refractivity contribution in [3.05, 3.63) is 34.9 Å². The van der Waals surface area contributed by atoms with Crippen molar-refractivity contribution in [1.29, 1.82) is 0 Å². The van der Waals surface area contributed by atoms with Crippen LogP contribution in [0.5, 0.6) is 0 Å². The number of benzene rings is 1. The van der Waals surface area contributed by atoms with E-state index in [2.05, 4.69) is 32.0 Å². The third-order valence-corrected chi connectivity index (χ3v) is 2.85.